The lowest BCUT2D eigenvalue weighted by Crippen LogP contribution is -2.24. The number of carbonyl (C=O) groups is 1. The summed E-state index contributed by atoms with van der Waals surface area (Å²) in [6, 6.07) is 21.1. The van der Waals surface area contributed by atoms with Crippen LogP contribution in [-0.2, 0) is 11.3 Å². The number of methoxy groups -OCH3 is 1. The van der Waals surface area contributed by atoms with E-state index in [-0.39, 0.29) is 11.8 Å². The first kappa shape index (κ1) is 20.9. The third-order valence-corrected chi connectivity index (χ3v) is 6.49. The minimum Gasteiger partial charge on any atom is -0.497 e. The van der Waals surface area contributed by atoms with Crippen molar-refractivity contribution in [2.45, 2.75) is 18.9 Å². The molecule has 3 aromatic carbocycles. The largest absolute Gasteiger partial charge is 0.497 e. The monoisotopic (exact) mass is 465 g/mol. The maximum atomic E-state index is 12.9. The van der Waals surface area contributed by atoms with Gasteiger partial charge < -0.3 is 14.2 Å². The standard InChI is InChI=1S/C25H21Cl2N3O2/c1-32-20-10-8-19(9-11-20)29-15-17(12-24(29)31)25-28-22-4-2-3-5-23(22)30(25)14-16-6-7-18(26)13-21(16)27/h2-11,13,17H,12,14-15H2,1H3/t17-/m0/s1. The predicted octanol–water partition coefficient (Wildman–Crippen LogP) is 5.92. The lowest BCUT2D eigenvalue weighted by Gasteiger charge is -2.18. The van der Waals surface area contributed by atoms with Gasteiger partial charge in [-0.3, -0.25) is 4.79 Å². The molecule has 4 aromatic rings. The van der Waals surface area contributed by atoms with Crippen LogP contribution in [0.2, 0.25) is 10.0 Å². The van der Waals surface area contributed by atoms with Crippen molar-refractivity contribution in [2.24, 2.45) is 0 Å². The number of hydrogen-bond donors (Lipinski definition) is 0. The fourth-order valence-electron chi connectivity index (χ4n) is 4.28. The Morgan fingerprint density at radius 3 is 2.59 bits per heavy atom. The highest BCUT2D eigenvalue weighted by Gasteiger charge is 2.35. The first-order valence-corrected chi connectivity index (χ1v) is 11.1. The van der Waals surface area contributed by atoms with Crippen molar-refractivity contribution in [3.05, 3.63) is 88.2 Å². The molecule has 1 atom stereocenters. The maximum absolute atomic E-state index is 12.9. The van der Waals surface area contributed by atoms with E-state index in [0.29, 0.717) is 29.6 Å². The molecule has 7 heteroatoms. The molecule has 0 radical (unpaired) electrons. The van der Waals surface area contributed by atoms with Gasteiger partial charge in [-0.25, -0.2) is 4.98 Å². The van der Waals surface area contributed by atoms with Gasteiger partial charge in [0.1, 0.15) is 11.6 Å². The Hall–Kier alpha value is -3.02. The normalized spacial score (nSPS) is 16.2. The van der Waals surface area contributed by atoms with Gasteiger partial charge in [0.2, 0.25) is 5.91 Å². The predicted molar refractivity (Wildman–Crippen MR) is 128 cm³/mol. The van der Waals surface area contributed by atoms with Gasteiger partial charge in [0, 0.05) is 34.6 Å². The second kappa shape index (κ2) is 8.49. The van der Waals surface area contributed by atoms with Crippen LogP contribution in [0.15, 0.2) is 66.7 Å². The number of halogens is 2. The van der Waals surface area contributed by atoms with Crippen LogP contribution in [0.25, 0.3) is 11.0 Å². The van der Waals surface area contributed by atoms with Crippen molar-refractivity contribution in [3.8, 4) is 5.75 Å². The molecule has 0 saturated carbocycles. The Kier molecular flexibility index (Phi) is 5.53. The molecule has 1 aromatic heterocycles. The van der Waals surface area contributed by atoms with E-state index in [1.165, 1.54) is 0 Å². The molecule has 1 aliphatic rings. The van der Waals surface area contributed by atoms with E-state index in [1.54, 1.807) is 13.2 Å². The zero-order valence-electron chi connectivity index (χ0n) is 17.5. The van der Waals surface area contributed by atoms with E-state index in [2.05, 4.69) is 4.57 Å². The molecule has 32 heavy (non-hydrogen) atoms. The first-order valence-electron chi connectivity index (χ1n) is 10.4. The summed E-state index contributed by atoms with van der Waals surface area (Å²) in [6.07, 6.45) is 0.406. The highest BCUT2D eigenvalue weighted by atomic mass is 35.5. The molecule has 162 valence electrons. The minimum atomic E-state index is -0.0249. The summed E-state index contributed by atoms with van der Waals surface area (Å²) in [5.41, 5.74) is 3.74. The Morgan fingerprint density at radius 1 is 1.06 bits per heavy atom. The zero-order valence-corrected chi connectivity index (χ0v) is 19.0. The van der Waals surface area contributed by atoms with E-state index >= 15 is 0 Å². The van der Waals surface area contributed by atoms with Crippen LogP contribution in [-0.4, -0.2) is 29.1 Å². The fourth-order valence-corrected chi connectivity index (χ4v) is 4.75. The molecule has 1 fully saturated rings. The van der Waals surface area contributed by atoms with Gasteiger partial charge in [0.15, 0.2) is 0 Å². The number of rotatable bonds is 5. The van der Waals surface area contributed by atoms with Crippen molar-refractivity contribution >= 4 is 45.8 Å². The third kappa shape index (κ3) is 3.83. The molecule has 0 spiro atoms. The average molecular weight is 466 g/mol. The summed E-state index contributed by atoms with van der Waals surface area (Å²) in [4.78, 5) is 19.7. The number of ether oxygens (including phenoxy) is 1. The maximum Gasteiger partial charge on any atom is 0.227 e. The van der Waals surface area contributed by atoms with Crippen LogP contribution in [0.5, 0.6) is 5.75 Å². The molecule has 1 aliphatic heterocycles. The third-order valence-electron chi connectivity index (χ3n) is 5.90. The van der Waals surface area contributed by atoms with Crippen molar-refractivity contribution in [3.63, 3.8) is 0 Å². The number of hydrogen-bond acceptors (Lipinski definition) is 3. The fraction of sp³-hybridized carbons (Fsp3) is 0.200. The highest BCUT2D eigenvalue weighted by Crippen LogP contribution is 2.34. The average Bonchev–Trinajstić information content (AvgIpc) is 3.36. The molecule has 1 amide bonds. The summed E-state index contributed by atoms with van der Waals surface area (Å²) in [6.45, 7) is 1.13. The summed E-state index contributed by atoms with van der Waals surface area (Å²) in [5, 5.41) is 1.22. The van der Waals surface area contributed by atoms with Gasteiger partial charge in [-0.15, -0.1) is 0 Å². The molecular formula is C25H21Cl2N3O2. The quantitative estimate of drug-likeness (QED) is 0.367. The number of fused-ring (bicyclic) bond motifs is 1. The number of anilines is 1. The number of imidazole rings is 1. The minimum absolute atomic E-state index is 0.0249. The van der Waals surface area contributed by atoms with Gasteiger partial charge in [-0.2, -0.15) is 0 Å². The Balaban J connectivity index is 1.51. The zero-order chi connectivity index (χ0) is 22.2. The summed E-state index contributed by atoms with van der Waals surface area (Å²) < 4.78 is 7.40. The molecular weight excluding hydrogens is 445 g/mol. The van der Waals surface area contributed by atoms with Gasteiger partial charge in [0.05, 0.1) is 24.7 Å². The second-order valence-electron chi connectivity index (χ2n) is 7.88. The Morgan fingerprint density at radius 2 is 1.84 bits per heavy atom. The van der Waals surface area contributed by atoms with E-state index in [9.17, 15) is 4.79 Å². The van der Waals surface area contributed by atoms with Crippen LogP contribution in [0, 0.1) is 0 Å². The van der Waals surface area contributed by atoms with Gasteiger partial charge >= 0.3 is 0 Å². The molecule has 0 N–H and O–H groups in total. The summed E-state index contributed by atoms with van der Waals surface area (Å²) in [7, 11) is 1.63. The molecule has 0 unspecified atom stereocenters. The van der Waals surface area contributed by atoms with Crippen molar-refractivity contribution < 1.29 is 9.53 Å². The van der Waals surface area contributed by atoms with Crippen molar-refractivity contribution in [1.29, 1.82) is 0 Å². The van der Waals surface area contributed by atoms with E-state index in [4.69, 9.17) is 32.9 Å². The molecule has 0 bridgehead atoms. The van der Waals surface area contributed by atoms with Crippen molar-refractivity contribution in [2.75, 3.05) is 18.6 Å². The molecule has 5 rings (SSSR count). The second-order valence-corrected chi connectivity index (χ2v) is 8.73. The van der Waals surface area contributed by atoms with Gasteiger partial charge in [0.25, 0.3) is 0 Å². The number of para-hydroxylation sites is 2. The van der Waals surface area contributed by atoms with Crippen LogP contribution in [0.4, 0.5) is 5.69 Å². The van der Waals surface area contributed by atoms with Crippen LogP contribution >= 0.6 is 23.2 Å². The SMILES string of the molecule is COc1ccc(N2C[C@@H](c3nc4ccccc4n3Cc3ccc(Cl)cc3Cl)CC2=O)cc1. The molecule has 1 saturated heterocycles. The summed E-state index contributed by atoms with van der Waals surface area (Å²) >= 11 is 12.6. The van der Waals surface area contributed by atoms with Gasteiger partial charge in [-0.1, -0.05) is 41.4 Å². The number of nitrogens with zero attached hydrogens (tertiary/aromatic N) is 3. The number of benzene rings is 3. The van der Waals surface area contributed by atoms with Crippen LogP contribution in [0.3, 0.4) is 0 Å². The van der Waals surface area contributed by atoms with Gasteiger partial charge in [-0.05, 0) is 54.1 Å². The first-order chi connectivity index (χ1) is 15.5. The Labute approximate surface area is 196 Å². The smallest absolute Gasteiger partial charge is 0.227 e. The molecule has 5 nitrogen and oxygen atoms in total. The van der Waals surface area contributed by atoms with Crippen LogP contribution in [0.1, 0.15) is 23.7 Å². The topological polar surface area (TPSA) is 47.4 Å². The number of aromatic nitrogens is 2. The summed E-state index contributed by atoms with van der Waals surface area (Å²) in [5.74, 6) is 1.71. The number of amides is 1. The molecule has 2 heterocycles. The lowest BCUT2D eigenvalue weighted by molar-refractivity contribution is -0.117. The van der Waals surface area contributed by atoms with E-state index in [0.717, 1.165) is 33.9 Å². The number of carbonyl (C=O) groups excluding carboxylic acids is 1. The van der Waals surface area contributed by atoms with E-state index in [1.807, 2.05) is 65.6 Å². The van der Waals surface area contributed by atoms with Crippen molar-refractivity contribution in [1.82, 2.24) is 9.55 Å². The van der Waals surface area contributed by atoms with Crippen LogP contribution < -0.4 is 9.64 Å². The molecule has 0 aliphatic carbocycles. The van der Waals surface area contributed by atoms with E-state index < -0.39 is 0 Å². The highest BCUT2D eigenvalue weighted by molar-refractivity contribution is 6.35. The lowest BCUT2D eigenvalue weighted by atomic mass is 10.1. The Bertz CT molecular complexity index is 1300.